The number of amides is 1. The molecular formula is C20H30N4O3S2. The van der Waals surface area contributed by atoms with Gasteiger partial charge in [-0.15, -0.1) is 0 Å². The van der Waals surface area contributed by atoms with Gasteiger partial charge in [0.2, 0.25) is 15.9 Å². The van der Waals surface area contributed by atoms with Crippen molar-refractivity contribution in [1.82, 2.24) is 18.4 Å². The van der Waals surface area contributed by atoms with Crippen LogP contribution in [-0.4, -0.2) is 47.0 Å². The predicted molar refractivity (Wildman–Crippen MR) is 115 cm³/mol. The van der Waals surface area contributed by atoms with E-state index in [4.69, 9.17) is 0 Å². The van der Waals surface area contributed by atoms with Gasteiger partial charge < -0.3 is 5.32 Å². The van der Waals surface area contributed by atoms with Gasteiger partial charge in [-0.3, -0.25) is 4.79 Å². The van der Waals surface area contributed by atoms with Gasteiger partial charge in [-0.2, -0.15) is 13.1 Å². The molecule has 0 radical (unpaired) electrons. The summed E-state index contributed by atoms with van der Waals surface area (Å²) < 4.78 is 36.2. The smallest absolute Gasteiger partial charge is 0.245 e. The summed E-state index contributed by atoms with van der Waals surface area (Å²) in [5, 5.41) is 3.07. The summed E-state index contributed by atoms with van der Waals surface area (Å²) in [6, 6.07) is 5.02. The number of nitrogens with one attached hydrogen (secondary N) is 1. The zero-order chi connectivity index (χ0) is 20.9. The molecule has 29 heavy (non-hydrogen) atoms. The average molecular weight is 439 g/mol. The maximum atomic E-state index is 13.2. The average Bonchev–Trinajstić information content (AvgIpc) is 3.22. The fraction of sp³-hybridized carbons (Fsp3) is 0.650. The molecule has 1 saturated heterocycles. The first-order valence-electron chi connectivity index (χ1n) is 10.5. The van der Waals surface area contributed by atoms with Gasteiger partial charge in [-0.25, -0.2) is 8.42 Å². The number of fused-ring (bicyclic) bond motifs is 1. The van der Waals surface area contributed by atoms with Gasteiger partial charge in [-0.05, 0) is 37.3 Å². The molecule has 0 spiro atoms. The molecule has 0 bridgehead atoms. The molecule has 3 rings (SSSR count). The minimum atomic E-state index is -3.72. The second-order valence-corrected chi connectivity index (χ2v) is 10.2. The van der Waals surface area contributed by atoms with Gasteiger partial charge in [0.05, 0.1) is 17.6 Å². The number of nitrogens with zero attached hydrogens (tertiary/aromatic N) is 3. The zero-order valence-electron chi connectivity index (χ0n) is 17.1. The Morgan fingerprint density at radius 3 is 2.93 bits per heavy atom. The van der Waals surface area contributed by atoms with Crippen LogP contribution in [0.1, 0.15) is 52.4 Å². The quantitative estimate of drug-likeness (QED) is 0.648. The number of benzene rings is 1. The monoisotopic (exact) mass is 438 g/mol. The van der Waals surface area contributed by atoms with Crippen LogP contribution in [0.4, 0.5) is 0 Å². The van der Waals surface area contributed by atoms with Crippen LogP contribution in [0, 0.1) is 11.8 Å². The SMILES string of the molecule is CCCC[C@@H](CC)CNC(=O)[C@@H]1CCCN(S(=O)(=O)c2cccc3nsnc23)C1. The number of carbonyl (C=O) groups excluding carboxylic acids is 1. The molecule has 1 N–H and O–H groups in total. The third kappa shape index (κ3) is 5.13. The molecule has 1 fully saturated rings. The Labute approximate surface area is 177 Å². The van der Waals surface area contributed by atoms with E-state index in [1.165, 1.54) is 10.7 Å². The van der Waals surface area contributed by atoms with Crippen LogP contribution in [-0.2, 0) is 14.8 Å². The van der Waals surface area contributed by atoms with Gasteiger partial charge in [0, 0.05) is 19.6 Å². The minimum Gasteiger partial charge on any atom is -0.356 e. The highest BCUT2D eigenvalue weighted by Crippen LogP contribution is 2.28. The molecule has 0 saturated carbocycles. The molecule has 1 aromatic carbocycles. The van der Waals surface area contributed by atoms with E-state index < -0.39 is 10.0 Å². The van der Waals surface area contributed by atoms with Crippen LogP contribution in [0.25, 0.3) is 11.0 Å². The number of unbranched alkanes of at least 4 members (excludes halogenated alkanes) is 1. The minimum absolute atomic E-state index is 0.0339. The van der Waals surface area contributed by atoms with Crippen molar-refractivity contribution < 1.29 is 13.2 Å². The summed E-state index contributed by atoms with van der Waals surface area (Å²) in [7, 11) is -3.72. The summed E-state index contributed by atoms with van der Waals surface area (Å²) in [6.07, 6.45) is 5.87. The van der Waals surface area contributed by atoms with Gasteiger partial charge in [0.1, 0.15) is 15.9 Å². The van der Waals surface area contributed by atoms with Crippen molar-refractivity contribution in [3.05, 3.63) is 18.2 Å². The molecule has 2 atom stereocenters. The van der Waals surface area contributed by atoms with Crippen LogP contribution in [0.2, 0.25) is 0 Å². The Balaban J connectivity index is 1.67. The van der Waals surface area contributed by atoms with E-state index in [1.807, 2.05) is 0 Å². The highest BCUT2D eigenvalue weighted by molar-refractivity contribution is 7.89. The predicted octanol–water partition coefficient (Wildman–Crippen LogP) is 3.42. The second kappa shape index (κ2) is 9.95. The third-order valence-electron chi connectivity index (χ3n) is 5.73. The standard InChI is InChI=1S/C20H30N4O3S2/c1-3-5-8-15(4-2)13-21-20(25)16-9-7-12-24(14-16)29(26,27)18-11-6-10-17-19(18)23-28-22-17/h6,10-11,15-16H,3-5,7-9,12-14H2,1-2H3,(H,21,25)/t15-,16-/m1/s1. The van der Waals surface area contributed by atoms with E-state index in [2.05, 4.69) is 27.9 Å². The number of hydrogen-bond donors (Lipinski definition) is 1. The zero-order valence-corrected chi connectivity index (χ0v) is 18.8. The van der Waals surface area contributed by atoms with E-state index in [9.17, 15) is 13.2 Å². The topological polar surface area (TPSA) is 92.3 Å². The summed E-state index contributed by atoms with van der Waals surface area (Å²) in [4.78, 5) is 12.9. The fourth-order valence-electron chi connectivity index (χ4n) is 3.84. The molecule has 7 nitrogen and oxygen atoms in total. The number of hydrogen-bond acceptors (Lipinski definition) is 6. The Bertz CT molecular complexity index is 929. The number of sulfonamides is 1. The van der Waals surface area contributed by atoms with Gasteiger partial charge in [-0.1, -0.05) is 39.2 Å². The van der Waals surface area contributed by atoms with Gasteiger partial charge in [0.15, 0.2) is 0 Å². The molecule has 0 aliphatic carbocycles. The van der Waals surface area contributed by atoms with Crippen LogP contribution >= 0.6 is 11.7 Å². The Morgan fingerprint density at radius 2 is 2.17 bits per heavy atom. The van der Waals surface area contributed by atoms with E-state index in [0.29, 0.717) is 42.9 Å². The normalized spacial score (nSPS) is 19.3. The summed E-state index contributed by atoms with van der Waals surface area (Å²) >= 11 is 1.01. The molecule has 9 heteroatoms. The van der Waals surface area contributed by atoms with Crippen LogP contribution in [0.3, 0.4) is 0 Å². The molecule has 1 amide bonds. The Kier molecular flexibility index (Phi) is 7.59. The molecule has 0 unspecified atom stereocenters. The lowest BCUT2D eigenvalue weighted by molar-refractivity contribution is -0.126. The molecule has 160 valence electrons. The van der Waals surface area contributed by atoms with Crippen molar-refractivity contribution in [2.45, 2.75) is 57.3 Å². The summed E-state index contributed by atoms with van der Waals surface area (Å²) in [5.74, 6) is 0.139. The van der Waals surface area contributed by atoms with Crippen molar-refractivity contribution in [1.29, 1.82) is 0 Å². The maximum Gasteiger partial charge on any atom is 0.245 e. The van der Waals surface area contributed by atoms with Gasteiger partial charge in [0.25, 0.3) is 0 Å². The first-order valence-corrected chi connectivity index (χ1v) is 12.6. The van der Waals surface area contributed by atoms with E-state index in [-0.39, 0.29) is 23.3 Å². The molecular weight excluding hydrogens is 408 g/mol. The summed E-state index contributed by atoms with van der Waals surface area (Å²) in [6.45, 7) is 5.63. The number of carbonyl (C=O) groups is 1. The molecule has 1 aliphatic heterocycles. The number of aromatic nitrogens is 2. The largest absolute Gasteiger partial charge is 0.356 e. The number of piperidine rings is 1. The van der Waals surface area contributed by atoms with Crippen molar-refractivity contribution in [3.8, 4) is 0 Å². The van der Waals surface area contributed by atoms with Crippen molar-refractivity contribution in [3.63, 3.8) is 0 Å². The van der Waals surface area contributed by atoms with Crippen LogP contribution in [0.5, 0.6) is 0 Å². The van der Waals surface area contributed by atoms with Crippen LogP contribution < -0.4 is 5.32 Å². The number of rotatable bonds is 9. The maximum absolute atomic E-state index is 13.2. The third-order valence-corrected chi connectivity index (χ3v) is 8.17. The lowest BCUT2D eigenvalue weighted by Crippen LogP contribution is -2.46. The van der Waals surface area contributed by atoms with E-state index in [0.717, 1.165) is 31.0 Å². The molecule has 1 aliphatic rings. The van der Waals surface area contributed by atoms with E-state index in [1.54, 1.807) is 18.2 Å². The highest BCUT2D eigenvalue weighted by Gasteiger charge is 2.34. The van der Waals surface area contributed by atoms with Crippen LogP contribution in [0.15, 0.2) is 23.1 Å². The lowest BCUT2D eigenvalue weighted by Gasteiger charge is -2.31. The second-order valence-electron chi connectivity index (χ2n) is 7.75. The Hall–Kier alpha value is -1.58. The highest BCUT2D eigenvalue weighted by atomic mass is 32.2. The Morgan fingerprint density at radius 1 is 1.34 bits per heavy atom. The first-order chi connectivity index (χ1) is 14.0. The van der Waals surface area contributed by atoms with Crippen molar-refractivity contribution in [2.24, 2.45) is 11.8 Å². The van der Waals surface area contributed by atoms with Crippen molar-refractivity contribution >= 4 is 38.7 Å². The lowest BCUT2D eigenvalue weighted by atomic mass is 9.96. The molecule has 2 aromatic rings. The first kappa shape index (κ1) is 22.1. The van der Waals surface area contributed by atoms with Crippen molar-refractivity contribution in [2.75, 3.05) is 19.6 Å². The molecule has 1 aromatic heterocycles. The van der Waals surface area contributed by atoms with Gasteiger partial charge >= 0.3 is 0 Å². The molecule has 2 heterocycles. The fourth-order valence-corrected chi connectivity index (χ4v) is 6.11. The van der Waals surface area contributed by atoms with E-state index >= 15 is 0 Å². The summed E-state index contributed by atoms with van der Waals surface area (Å²) in [5.41, 5.74) is 0.992.